The van der Waals surface area contributed by atoms with Gasteiger partial charge in [-0.3, -0.25) is 4.79 Å². The van der Waals surface area contributed by atoms with Crippen LogP contribution >= 0.6 is 34.2 Å². The van der Waals surface area contributed by atoms with E-state index in [-0.39, 0.29) is 22.4 Å². The Hall–Kier alpha value is -3.11. The van der Waals surface area contributed by atoms with Crippen LogP contribution in [0.5, 0.6) is 0 Å². The quantitative estimate of drug-likeness (QED) is 0.156. The number of rotatable bonds is 5. The van der Waals surface area contributed by atoms with Gasteiger partial charge < -0.3 is 10.4 Å². The van der Waals surface area contributed by atoms with Gasteiger partial charge in [0.2, 0.25) is 0 Å². The van der Waals surface area contributed by atoms with Crippen LogP contribution < -0.4 is 5.32 Å². The second kappa shape index (κ2) is 9.27. The summed E-state index contributed by atoms with van der Waals surface area (Å²) in [6.07, 6.45) is 0. The first-order chi connectivity index (χ1) is 16.1. The minimum absolute atomic E-state index is 0.0341. The van der Waals surface area contributed by atoms with E-state index < -0.39 is 27.1 Å². The van der Waals surface area contributed by atoms with Crippen LogP contribution in [-0.2, 0) is 3.55 Å². The first kappa shape index (κ1) is 24.0. The second-order valence-electron chi connectivity index (χ2n) is 7.61. The molecule has 0 saturated heterocycles. The molecular weight excluding hydrogens is 577 g/mol. The number of nitrogens with zero attached hydrogens (tertiary/aromatic N) is 1. The number of para-hydroxylation sites is 1. The average molecular weight is 593 g/mol. The van der Waals surface area contributed by atoms with E-state index in [1.165, 1.54) is 30.3 Å². The van der Waals surface area contributed by atoms with Crippen LogP contribution in [0.2, 0.25) is 5.02 Å². The van der Waals surface area contributed by atoms with Gasteiger partial charge in [-0.2, -0.15) is 0 Å². The Kier molecular flexibility index (Phi) is 6.55. The Balaban J connectivity index is 1.89. The topological polar surface area (TPSA) is 79.3 Å². The highest BCUT2D eigenvalue weighted by atomic mass is 127. The Morgan fingerprint density at radius 3 is 2.41 bits per heavy atom. The average Bonchev–Trinajstić information content (AvgIpc) is 2.80. The molecule has 5 nitrogen and oxygen atoms in total. The molecule has 0 fully saturated rings. The van der Waals surface area contributed by atoms with Gasteiger partial charge in [-0.1, -0.05) is 41.9 Å². The predicted molar refractivity (Wildman–Crippen MR) is 134 cm³/mol. The SMILES string of the molecule is C[C@@](I)(NC(=O)c1ccccc1C(=O)O)c1cc2cccc(Cl)c2nc1-c1cccc(F)c1F. The van der Waals surface area contributed by atoms with Crippen molar-refractivity contribution in [2.45, 2.75) is 10.5 Å². The van der Waals surface area contributed by atoms with E-state index in [9.17, 15) is 23.5 Å². The van der Waals surface area contributed by atoms with Gasteiger partial charge in [-0.25, -0.2) is 18.6 Å². The van der Waals surface area contributed by atoms with Crippen molar-refractivity contribution in [2.24, 2.45) is 0 Å². The fourth-order valence-electron chi connectivity index (χ4n) is 3.63. The zero-order chi connectivity index (χ0) is 24.6. The third-order valence-corrected chi connectivity index (χ3v) is 6.42. The van der Waals surface area contributed by atoms with Crippen molar-refractivity contribution in [3.05, 3.63) is 100 Å². The number of carbonyl (C=O) groups excluding carboxylic acids is 1. The highest BCUT2D eigenvalue weighted by Gasteiger charge is 2.32. The van der Waals surface area contributed by atoms with Crippen LogP contribution in [0.4, 0.5) is 8.78 Å². The Bertz CT molecular complexity index is 1460. The fourth-order valence-corrected chi connectivity index (χ4v) is 4.51. The lowest BCUT2D eigenvalue weighted by atomic mass is 9.97. The molecule has 4 aromatic rings. The number of pyridine rings is 1. The van der Waals surface area contributed by atoms with Crippen molar-refractivity contribution < 1.29 is 23.5 Å². The number of hydrogen-bond acceptors (Lipinski definition) is 3. The summed E-state index contributed by atoms with van der Waals surface area (Å²) >= 11 is 8.27. The lowest BCUT2D eigenvalue weighted by Crippen LogP contribution is -2.39. The number of carbonyl (C=O) groups is 2. The number of halogens is 4. The van der Waals surface area contributed by atoms with Gasteiger partial charge in [0.1, 0.15) is 3.55 Å². The van der Waals surface area contributed by atoms with Gasteiger partial charge in [0, 0.05) is 16.5 Å². The van der Waals surface area contributed by atoms with Crippen molar-refractivity contribution >= 4 is 57.0 Å². The van der Waals surface area contributed by atoms with Crippen molar-refractivity contribution in [1.29, 1.82) is 0 Å². The molecule has 0 radical (unpaired) electrons. The van der Waals surface area contributed by atoms with E-state index in [4.69, 9.17) is 11.6 Å². The molecule has 0 spiro atoms. The summed E-state index contributed by atoms with van der Waals surface area (Å²) in [4.78, 5) is 29.2. The van der Waals surface area contributed by atoms with E-state index in [0.29, 0.717) is 21.5 Å². The van der Waals surface area contributed by atoms with Gasteiger partial charge in [0.15, 0.2) is 11.6 Å². The van der Waals surface area contributed by atoms with Crippen molar-refractivity contribution in [3.8, 4) is 11.3 Å². The molecule has 0 bridgehead atoms. The van der Waals surface area contributed by atoms with Crippen molar-refractivity contribution in [2.75, 3.05) is 0 Å². The molecule has 0 aliphatic rings. The summed E-state index contributed by atoms with van der Waals surface area (Å²) in [6.45, 7) is 1.66. The number of aromatic nitrogens is 1. The monoisotopic (exact) mass is 592 g/mol. The largest absolute Gasteiger partial charge is 0.478 e. The maximum atomic E-state index is 14.8. The molecule has 4 rings (SSSR count). The maximum absolute atomic E-state index is 14.8. The number of amides is 1. The Morgan fingerprint density at radius 1 is 1.03 bits per heavy atom. The van der Waals surface area contributed by atoms with Gasteiger partial charge in [0.05, 0.1) is 27.4 Å². The molecule has 9 heteroatoms. The van der Waals surface area contributed by atoms with Crippen LogP contribution in [0.15, 0.2) is 66.7 Å². The summed E-state index contributed by atoms with van der Waals surface area (Å²) in [5.41, 5.74) is 0.580. The van der Waals surface area contributed by atoms with Gasteiger partial charge >= 0.3 is 5.97 Å². The van der Waals surface area contributed by atoms with Crippen LogP contribution in [0.3, 0.4) is 0 Å². The number of hydrogen-bond donors (Lipinski definition) is 2. The highest BCUT2D eigenvalue weighted by Crippen LogP contribution is 2.39. The number of aromatic carboxylic acids is 1. The van der Waals surface area contributed by atoms with E-state index in [0.717, 1.165) is 6.07 Å². The number of fused-ring (bicyclic) bond motifs is 1. The minimum Gasteiger partial charge on any atom is -0.478 e. The Labute approximate surface area is 211 Å². The summed E-state index contributed by atoms with van der Waals surface area (Å²) in [5, 5.41) is 13.2. The zero-order valence-electron chi connectivity index (χ0n) is 17.6. The molecule has 1 amide bonds. The lowest BCUT2D eigenvalue weighted by Gasteiger charge is -2.28. The molecule has 1 heterocycles. The number of alkyl halides is 1. The third kappa shape index (κ3) is 4.47. The van der Waals surface area contributed by atoms with E-state index in [1.54, 1.807) is 37.3 Å². The van der Waals surface area contributed by atoms with Crippen LogP contribution in [0.1, 0.15) is 33.2 Å². The molecule has 0 saturated carbocycles. The molecule has 1 aromatic heterocycles. The number of carboxylic acid groups (broad SMARTS) is 1. The van der Waals surface area contributed by atoms with Crippen LogP contribution in [-0.4, -0.2) is 22.0 Å². The predicted octanol–water partition coefficient (Wildman–Crippen LogP) is 6.57. The molecule has 34 heavy (non-hydrogen) atoms. The van der Waals surface area contributed by atoms with Gasteiger partial charge in [-0.15, -0.1) is 0 Å². The smallest absolute Gasteiger partial charge is 0.336 e. The van der Waals surface area contributed by atoms with E-state index >= 15 is 0 Å². The number of carboxylic acids is 1. The van der Waals surface area contributed by atoms with Crippen molar-refractivity contribution in [1.82, 2.24) is 10.3 Å². The fraction of sp³-hybridized carbons (Fsp3) is 0.0800. The zero-order valence-corrected chi connectivity index (χ0v) is 20.5. The van der Waals surface area contributed by atoms with Gasteiger partial charge in [-0.05, 0) is 65.9 Å². The lowest BCUT2D eigenvalue weighted by molar-refractivity contribution is 0.0690. The van der Waals surface area contributed by atoms with E-state index in [2.05, 4.69) is 10.3 Å². The molecule has 3 aromatic carbocycles. The standard InChI is InChI=1S/C25H16ClF2IN2O3/c1-25(29,31-23(32)14-7-2-3-8-15(14)24(33)34)17-12-13-6-4-10-18(26)21(13)30-22(17)16-9-5-11-19(27)20(16)28/h2-12H,1H3,(H,31,32)(H,33,34)/t25-/m1/s1. The highest BCUT2D eigenvalue weighted by molar-refractivity contribution is 14.1. The summed E-state index contributed by atoms with van der Waals surface area (Å²) in [6, 6.07) is 16.4. The Morgan fingerprint density at radius 2 is 1.71 bits per heavy atom. The first-order valence-electron chi connectivity index (χ1n) is 9.98. The third-order valence-electron chi connectivity index (χ3n) is 5.26. The summed E-state index contributed by atoms with van der Waals surface area (Å²) < 4.78 is 27.7. The molecule has 1 atom stereocenters. The molecule has 0 aliphatic heterocycles. The first-order valence-corrected chi connectivity index (χ1v) is 11.4. The van der Waals surface area contributed by atoms with Crippen LogP contribution in [0.25, 0.3) is 22.2 Å². The number of benzene rings is 3. The molecule has 0 aliphatic carbocycles. The maximum Gasteiger partial charge on any atom is 0.336 e. The minimum atomic E-state index is -1.24. The molecular formula is C25H16ClF2IN2O3. The summed E-state index contributed by atoms with van der Waals surface area (Å²) in [5.74, 6) is -4.02. The molecule has 2 N–H and O–H groups in total. The van der Waals surface area contributed by atoms with Crippen molar-refractivity contribution in [3.63, 3.8) is 0 Å². The molecule has 0 unspecified atom stereocenters. The number of nitrogens with one attached hydrogen (secondary N) is 1. The van der Waals surface area contributed by atoms with Crippen LogP contribution in [0, 0.1) is 11.6 Å². The summed E-state index contributed by atoms with van der Waals surface area (Å²) in [7, 11) is 0. The van der Waals surface area contributed by atoms with E-state index in [1.807, 2.05) is 22.6 Å². The normalized spacial score (nSPS) is 12.9. The second-order valence-corrected chi connectivity index (χ2v) is 10.2. The van der Waals surface area contributed by atoms with Gasteiger partial charge in [0.25, 0.3) is 5.91 Å². The molecule has 172 valence electrons.